The van der Waals surface area contributed by atoms with Crippen LogP contribution >= 0.6 is 15.9 Å². The zero-order valence-electron chi connectivity index (χ0n) is 12.1. The van der Waals surface area contributed by atoms with E-state index in [-0.39, 0.29) is 11.4 Å². The van der Waals surface area contributed by atoms with Crippen LogP contribution in [0.5, 0.6) is 0 Å². The van der Waals surface area contributed by atoms with E-state index in [9.17, 15) is 20.2 Å². The number of allylic oxidation sites excluding steroid dienone is 1. The summed E-state index contributed by atoms with van der Waals surface area (Å²) in [6.45, 7) is 0. The number of hydrogen-bond donors (Lipinski definition) is 1. The molecule has 0 fully saturated rings. The highest BCUT2D eigenvalue weighted by molar-refractivity contribution is 9.12. The number of nitrogens with one attached hydrogen (secondary N) is 1. The number of hydrogen-bond acceptors (Lipinski definition) is 6. The van der Waals surface area contributed by atoms with Gasteiger partial charge in [-0.25, -0.2) is 0 Å². The van der Waals surface area contributed by atoms with Gasteiger partial charge >= 0.3 is 5.69 Å². The zero-order valence-corrected chi connectivity index (χ0v) is 13.7. The van der Waals surface area contributed by atoms with Gasteiger partial charge in [0.15, 0.2) is 0 Å². The summed E-state index contributed by atoms with van der Waals surface area (Å²) in [5, 5.41) is 25.6. The number of non-ortho nitro benzene ring substituents is 1. The van der Waals surface area contributed by atoms with E-state index in [4.69, 9.17) is 0 Å². The van der Waals surface area contributed by atoms with Crippen molar-refractivity contribution in [2.75, 3.05) is 5.43 Å². The summed E-state index contributed by atoms with van der Waals surface area (Å²) in [5.74, 6) is 0. The van der Waals surface area contributed by atoms with Gasteiger partial charge in [0.25, 0.3) is 5.69 Å². The van der Waals surface area contributed by atoms with Crippen LogP contribution in [0.1, 0.15) is 5.56 Å². The Morgan fingerprint density at radius 2 is 1.79 bits per heavy atom. The predicted molar refractivity (Wildman–Crippen MR) is 95.2 cm³/mol. The van der Waals surface area contributed by atoms with Crippen molar-refractivity contribution in [3.8, 4) is 0 Å². The summed E-state index contributed by atoms with van der Waals surface area (Å²) in [5.41, 5.74) is 2.74. The molecule has 0 aliphatic rings. The zero-order chi connectivity index (χ0) is 17.5. The molecule has 122 valence electrons. The van der Waals surface area contributed by atoms with Gasteiger partial charge in [0.05, 0.1) is 22.1 Å². The maximum Gasteiger partial charge on any atom is 0.301 e. The smallest absolute Gasteiger partial charge is 0.272 e. The van der Waals surface area contributed by atoms with Crippen molar-refractivity contribution >= 4 is 45.3 Å². The quantitative estimate of drug-likeness (QED) is 0.448. The van der Waals surface area contributed by atoms with Gasteiger partial charge in [-0.05, 0) is 33.6 Å². The van der Waals surface area contributed by atoms with Crippen molar-refractivity contribution in [3.63, 3.8) is 0 Å². The van der Waals surface area contributed by atoms with Crippen molar-refractivity contribution in [1.29, 1.82) is 0 Å². The average molecular weight is 391 g/mol. The summed E-state index contributed by atoms with van der Waals surface area (Å²) in [6.07, 6.45) is 3.24. The molecule has 9 heteroatoms. The van der Waals surface area contributed by atoms with Gasteiger partial charge in [0, 0.05) is 10.5 Å². The van der Waals surface area contributed by atoms with Crippen LogP contribution in [0.25, 0.3) is 6.08 Å². The average Bonchev–Trinajstić information content (AvgIpc) is 2.55. The van der Waals surface area contributed by atoms with Gasteiger partial charge in [0.1, 0.15) is 5.69 Å². The fourth-order valence-electron chi connectivity index (χ4n) is 1.79. The van der Waals surface area contributed by atoms with Gasteiger partial charge in [-0.2, -0.15) is 5.10 Å². The first-order chi connectivity index (χ1) is 11.5. The lowest BCUT2D eigenvalue weighted by Crippen LogP contribution is -1.98. The molecule has 0 saturated carbocycles. The molecule has 0 aliphatic carbocycles. The molecule has 0 atom stereocenters. The largest absolute Gasteiger partial charge is 0.301 e. The third kappa shape index (κ3) is 4.71. The molecule has 0 heterocycles. The highest BCUT2D eigenvalue weighted by atomic mass is 79.9. The van der Waals surface area contributed by atoms with Crippen molar-refractivity contribution in [1.82, 2.24) is 0 Å². The molecule has 2 rings (SSSR count). The Labute approximate surface area is 144 Å². The highest BCUT2D eigenvalue weighted by Gasteiger charge is 2.18. The van der Waals surface area contributed by atoms with E-state index in [1.165, 1.54) is 18.3 Å². The Kier molecular flexibility index (Phi) is 5.74. The molecule has 0 bridgehead atoms. The minimum atomic E-state index is -0.709. The minimum Gasteiger partial charge on any atom is -0.272 e. The van der Waals surface area contributed by atoms with Crippen molar-refractivity contribution in [2.45, 2.75) is 0 Å². The first-order valence-corrected chi connectivity index (χ1v) is 7.41. The van der Waals surface area contributed by atoms with Gasteiger partial charge in [-0.15, -0.1) is 0 Å². The Bertz CT molecular complexity index is 821. The standard InChI is InChI=1S/C15H11BrN4O4/c16-12(8-11-4-2-1-3-5-11)10-17-18-14-7-6-13(19(21)22)9-15(14)20(23)24/h1-10,18H/b12-8+,17-10-. The van der Waals surface area contributed by atoms with E-state index in [0.717, 1.165) is 11.6 Å². The number of rotatable bonds is 6. The normalized spacial score (nSPS) is 11.5. The number of nitrogens with zero attached hydrogens (tertiary/aromatic N) is 3. The Morgan fingerprint density at radius 1 is 1.08 bits per heavy atom. The Hall–Kier alpha value is -3.07. The molecule has 0 spiro atoms. The van der Waals surface area contributed by atoms with E-state index in [1.54, 1.807) is 0 Å². The summed E-state index contributed by atoms with van der Waals surface area (Å²) in [7, 11) is 0. The van der Waals surface area contributed by atoms with Crippen LogP contribution in [0.4, 0.5) is 17.1 Å². The summed E-state index contributed by atoms with van der Waals surface area (Å²) in [4.78, 5) is 20.3. The van der Waals surface area contributed by atoms with Gasteiger partial charge < -0.3 is 0 Å². The van der Waals surface area contributed by atoms with Gasteiger partial charge in [-0.1, -0.05) is 30.3 Å². The van der Waals surface area contributed by atoms with Crippen LogP contribution in [0.15, 0.2) is 58.1 Å². The maximum atomic E-state index is 11.0. The molecule has 8 nitrogen and oxygen atoms in total. The number of nitro groups is 2. The van der Waals surface area contributed by atoms with Crippen LogP contribution in [-0.2, 0) is 0 Å². The van der Waals surface area contributed by atoms with Crippen LogP contribution in [0.3, 0.4) is 0 Å². The number of hydrazone groups is 1. The first-order valence-electron chi connectivity index (χ1n) is 6.61. The summed E-state index contributed by atoms with van der Waals surface area (Å²) >= 11 is 3.31. The lowest BCUT2D eigenvalue weighted by molar-refractivity contribution is -0.393. The SMILES string of the molecule is O=[N+]([O-])c1ccc(N/N=C\C(Br)=C/c2ccccc2)c([N+](=O)[O-])c1. The Morgan fingerprint density at radius 3 is 2.42 bits per heavy atom. The summed E-state index contributed by atoms with van der Waals surface area (Å²) in [6, 6.07) is 12.8. The third-order valence-electron chi connectivity index (χ3n) is 2.87. The van der Waals surface area contributed by atoms with Crippen LogP contribution < -0.4 is 5.43 Å². The number of benzene rings is 2. The van der Waals surface area contributed by atoms with E-state index in [1.807, 2.05) is 36.4 Å². The number of nitro benzene ring substituents is 2. The molecule has 0 aliphatic heterocycles. The fraction of sp³-hybridized carbons (Fsp3) is 0. The minimum absolute atomic E-state index is 0.0573. The molecule has 1 N–H and O–H groups in total. The van der Waals surface area contributed by atoms with E-state index >= 15 is 0 Å². The van der Waals surface area contributed by atoms with Gasteiger partial charge in [0.2, 0.25) is 0 Å². The van der Waals surface area contributed by atoms with Crippen LogP contribution in [0, 0.1) is 20.2 Å². The van der Waals surface area contributed by atoms with Crippen molar-refractivity contribution < 1.29 is 9.85 Å². The molecule has 24 heavy (non-hydrogen) atoms. The lowest BCUT2D eigenvalue weighted by atomic mass is 10.2. The number of halogens is 1. The highest BCUT2D eigenvalue weighted by Crippen LogP contribution is 2.28. The monoisotopic (exact) mass is 390 g/mol. The van der Waals surface area contributed by atoms with Crippen molar-refractivity contribution in [2.24, 2.45) is 5.10 Å². The first kappa shape index (κ1) is 17.3. The fourth-order valence-corrected chi connectivity index (χ4v) is 2.16. The van der Waals surface area contributed by atoms with E-state index in [0.29, 0.717) is 4.48 Å². The second-order valence-electron chi connectivity index (χ2n) is 4.53. The van der Waals surface area contributed by atoms with E-state index in [2.05, 4.69) is 26.5 Å². The second-order valence-corrected chi connectivity index (χ2v) is 5.44. The molecule has 0 aromatic heterocycles. The topological polar surface area (TPSA) is 111 Å². The predicted octanol–water partition coefficient (Wildman–Crippen LogP) is 4.34. The lowest BCUT2D eigenvalue weighted by Gasteiger charge is -2.01. The third-order valence-corrected chi connectivity index (χ3v) is 3.30. The van der Waals surface area contributed by atoms with E-state index < -0.39 is 15.5 Å². The molecule has 0 amide bonds. The molecular weight excluding hydrogens is 380 g/mol. The molecule has 2 aromatic carbocycles. The maximum absolute atomic E-state index is 11.0. The van der Waals surface area contributed by atoms with Crippen molar-refractivity contribution in [3.05, 3.63) is 78.8 Å². The molecule has 2 aromatic rings. The molecule has 0 radical (unpaired) electrons. The Balaban J connectivity index is 2.15. The van der Waals surface area contributed by atoms with Crippen LogP contribution in [0.2, 0.25) is 0 Å². The second kappa shape index (κ2) is 7.97. The molecule has 0 saturated heterocycles. The van der Waals surface area contributed by atoms with Crippen LogP contribution in [-0.4, -0.2) is 16.1 Å². The summed E-state index contributed by atoms with van der Waals surface area (Å²) < 4.78 is 0.644. The van der Waals surface area contributed by atoms with Gasteiger partial charge in [-0.3, -0.25) is 25.7 Å². The number of anilines is 1. The molecule has 0 unspecified atom stereocenters. The molecular formula is C15H11BrN4O4.